The van der Waals surface area contributed by atoms with Crippen LogP contribution in [0.25, 0.3) is 0 Å². The summed E-state index contributed by atoms with van der Waals surface area (Å²) in [5, 5.41) is 3.49. The number of methoxy groups -OCH3 is 1. The predicted molar refractivity (Wildman–Crippen MR) is 110 cm³/mol. The first-order chi connectivity index (χ1) is 13.0. The number of anilines is 2. The van der Waals surface area contributed by atoms with Gasteiger partial charge in [-0.05, 0) is 56.0 Å². The number of carbonyl (C=O) groups is 1. The van der Waals surface area contributed by atoms with Gasteiger partial charge in [-0.15, -0.1) is 0 Å². The minimum atomic E-state index is -0.0175. The molecule has 0 spiro atoms. The Morgan fingerprint density at radius 2 is 2.22 bits per heavy atom. The van der Waals surface area contributed by atoms with Gasteiger partial charge in [-0.2, -0.15) is 0 Å². The number of ether oxygens (including phenoxy) is 1. The average Bonchev–Trinajstić information content (AvgIpc) is 2.68. The van der Waals surface area contributed by atoms with Gasteiger partial charge < -0.3 is 15.0 Å². The van der Waals surface area contributed by atoms with Crippen LogP contribution >= 0.6 is 11.6 Å². The molecule has 2 aromatic rings. The summed E-state index contributed by atoms with van der Waals surface area (Å²) in [7, 11) is 1.57. The molecule has 5 nitrogen and oxygen atoms in total. The van der Waals surface area contributed by atoms with Crippen molar-refractivity contribution in [2.45, 2.75) is 39.2 Å². The lowest BCUT2D eigenvalue weighted by Gasteiger charge is -2.40. The Balaban J connectivity index is 1.68. The summed E-state index contributed by atoms with van der Waals surface area (Å²) in [6.07, 6.45) is 4.44. The smallest absolute Gasteiger partial charge is 0.227 e. The highest BCUT2D eigenvalue weighted by Gasteiger charge is 2.32. The number of amides is 1. The monoisotopic (exact) mass is 387 g/mol. The third-order valence-electron chi connectivity index (χ3n) is 5.23. The molecule has 0 unspecified atom stereocenters. The molecule has 2 heterocycles. The quantitative estimate of drug-likeness (QED) is 0.808. The van der Waals surface area contributed by atoms with Crippen molar-refractivity contribution in [3.63, 3.8) is 0 Å². The van der Waals surface area contributed by atoms with E-state index in [1.165, 1.54) is 5.56 Å². The summed E-state index contributed by atoms with van der Waals surface area (Å²) < 4.78 is 5.16. The number of nitrogens with zero attached hydrogens (tertiary/aromatic N) is 2. The highest BCUT2D eigenvalue weighted by atomic mass is 35.5. The summed E-state index contributed by atoms with van der Waals surface area (Å²) in [6, 6.07) is 9.65. The van der Waals surface area contributed by atoms with E-state index in [0.717, 1.165) is 31.6 Å². The van der Waals surface area contributed by atoms with Crippen LogP contribution in [0.4, 0.5) is 11.5 Å². The van der Waals surface area contributed by atoms with Crippen molar-refractivity contribution in [3.05, 3.63) is 47.1 Å². The number of hydrogen-bond donors (Lipinski definition) is 1. The van der Waals surface area contributed by atoms with Crippen LogP contribution in [0.2, 0.25) is 5.02 Å². The first-order valence-electron chi connectivity index (χ1n) is 9.36. The maximum atomic E-state index is 12.8. The minimum absolute atomic E-state index is 0.0175. The van der Waals surface area contributed by atoms with E-state index in [9.17, 15) is 4.79 Å². The topological polar surface area (TPSA) is 54.5 Å². The fraction of sp³-hybridized carbons (Fsp3) is 0.429. The number of aryl methyl sites for hydroxylation is 1. The number of carbonyl (C=O) groups excluding carboxylic acids is 1. The Hall–Kier alpha value is -2.27. The largest absolute Gasteiger partial charge is 0.495 e. The molecule has 0 radical (unpaired) electrons. The van der Waals surface area contributed by atoms with Crippen LogP contribution in [-0.4, -0.2) is 30.6 Å². The van der Waals surface area contributed by atoms with Crippen LogP contribution in [0.1, 0.15) is 31.7 Å². The Morgan fingerprint density at radius 1 is 1.41 bits per heavy atom. The van der Waals surface area contributed by atoms with E-state index in [-0.39, 0.29) is 11.8 Å². The zero-order valence-electron chi connectivity index (χ0n) is 16.0. The molecule has 0 saturated carbocycles. The van der Waals surface area contributed by atoms with Gasteiger partial charge in [0.2, 0.25) is 5.91 Å². The summed E-state index contributed by atoms with van der Waals surface area (Å²) in [4.78, 5) is 19.7. The Labute approximate surface area is 165 Å². The van der Waals surface area contributed by atoms with Gasteiger partial charge in [0.1, 0.15) is 11.6 Å². The Kier molecular flexibility index (Phi) is 6.22. The first kappa shape index (κ1) is 19.5. The highest BCUT2D eigenvalue weighted by molar-refractivity contribution is 6.32. The van der Waals surface area contributed by atoms with Gasteiger partial charge in [0.15, 0.2) is 0 Å². The summed E-state index contributed by atoms with van der Waals surface area (Å²) in [5.74, 6) is 1.66. The number of halogens is 1. The van der Waals surface area contributed by atoms with Crippen molar-refractivity contribution in [2.75, 3.05) is 23.9 Å². The van der Waals surface area contributed by atoms with Crippen LogP contribution in [0.3, 0.4) is 0 Å². The van der Waals surface area contributed by atoms with Crippen LogP contribution in [-0.2, 0) is 4.79 Å². The Bertz CT molecular complexity index is 812. The van der Waals surface area contributed by atoms with Crippen LogP contribution in [0.15, 0.2) is 36.5 Å². The summed E-state index contributed by atoms with van der Waals surface area (Å²) >= 11 is 6.16. The van der Waals surface area contributed by atoms with E-state index < -0.39 is 0 Å². The molecule has 1 aliphatic heterocycles. The molecule has 1 N–H and O–H groups in total. The van der Waals surface area contributed by atoms with E-state index in [2.05, 4.69) is 35.1 Å². The van der Waals surface area contributed by atoms with Gasteiger partial charge in [0.25, 0.3) is 0 Å². The van der Waals surface area contributed by atoms with Gasteiger partial charge in [-0.25, -0.2) is 4.98 Å². The molecule has 0 aliphatic carbocycles. The van der Waals surface area contributed by atoms with Crippen LogP contribution in [0, 0.1) is 12.8 Å². The number of pyridine rings is 1. The number of benzene rings is 1. The highest BCUT2D eigenvalue weighted by Crippen LogP contribution is 2.32. The average molecular weight is 388 g/mol. The molecule has 1 aliphatic rings. The van der Waals surface area contributed by atoms with Gasteiger partial charge in [0, 0.05) is 30.4 Å². The van der Waals surface area contributed by atoms with Crippen LogP contribution < -0.4 is 15.0 Å². The molecule has 27 heavy (non-hydrogen) atoms. The second-order valence-corrected chi connectivity index (χ2v) is 7.37. The van der Waals surface area contributed by atoms with Crippen molar-refractivity contribution in [1.29, 1.82) is 0 Å². The van der Waals surface area contributed by atoms with Gasteiger partial charge >= 0.3 is 0 Å². The number of hydrogen-bond acceptors (Lipinski definition) is 4. The van der Waals surface area contributed by atoms with Gasteiger partial charge in [0.05, 0.1) is 12.1 Å². The third-order valence-corrected chi connectivity index (χ3v) is 5.53. The number of rotatable bonds is 5. The zero-order valence-corrected chi connectivity index (χ0v) is 16.8. The normalized spacial score (nSPS) is 19.6. The molecular formula is C21H26ClN3O2. The van der Waals surface area contributed by atoms with Crippen molar-refractivity contribution in [3.8, 4) is 5.75 Å². The molecule has 144 valence electrons. The van der Waals surface area contributed by atoms with E-state index in [1.54, 1.807) is 19.2 Å². The fourth-order valence-electron chi connectivity index (χ4n) is 3.72. The van der Waals surface area contributed by atoms with E-state index in [0.29, 0.717) is 22.5 Å². The lowest BCUT2D eigenvalue weighted by molar-refractivity contribution is -0.120. The number of piperidine rings is 1. The summed E-state index contributed by atoms with van der Waals surface area (Å²) in [6.45, 7) is 5.08. The lowest BCUT2D eigenvalue weighted by atomic mass is 9.88. The zero-order chi connectivity index (χ0) is 19.4. The van der Waals surface area contributed by atoms with Crippen molar-refractivity contribution < 1.29 is 9.53 Å². The van der Waals surface area contributed by atoms with Crippen LogP contribution in [0.5, 0.6) is 5.75 Å². The molecule has 1 aromatic heterocycles. The SMILES string of the molecule is CC[C@@H]1C[C@H](C(=O)Nc2ccc(OC)c(Cl)c2)CCN1c1ncccc1C. The molecule has 0 bridgehead atoms. The molecule has 1 amide bonds. The minimum Gasteiger partial charge on any atom is -0.495 e. The van der Waals surface area contributed by atoms with E-state index >= 15 is 0 Å². The van der Waals surface area contributed by atoms with Gasteiger partial charge in [-0.3, -0.25) is 4.79 Å². The van der Waals surface area contributed by atoms with E-state index in [4.69, 9.17) is 16.3 Å². The molecule has 1 saturated heterocycles. The maximum Gasteiger partial charge on any atom is 0.227 e. The molecule has 3 rings (SSSR count). The third kappa shape index (κ3) is 4.35. The van der Waals surface area contributed by atoms with Crippen molar-refractivity contribution in [2.24, 2.45) is 5.92 Å². The molecule has 6 heteroatoms. The maximum absolute atomic E-state index is 12.8. The van der Waals surface area contributed by atoms with Crippen molar-refractivity contribution in [1.82, 2.24) is 4.98 Å². The van der Waals surface area contributed by atoms with Gasteiger partial charge in [-0.1, -0.05) is 24.6 Å². The molecule has 1 fully saturated rings. The molecule has 2 atom stereocenters. The second kappa shape index (κ2) is 8.61. The first-order valence-corrected chi connectivity index (χ1v) is 9.74. The van der Waals surface area contributed by atoms with E-state index in [1.807, 2.05) is 18.3 Å². The second-order valence-electron chi connectivity index (χ2n) is 6.96. The number of nitrogens with one attached hydrogen (secondary N) is 1. The molecule has 1 aromatic carbocycles. The fourth-order valence-corrected chi connectivity index (χ4v) is 3.98. The van der Waals surface area contributed by atoms with Crippen molar-refractivity contribution >= 4 is 29.0 Å². The predicted octanol–water partition coefficient (Wildman–Crippen LogP) is 4.69. The lowest BCUT2D eigenvalue weighted by Crippen LogP contribution is -2.45. The standard InChI is InChI=1S/C21H26ClN3O2/c1-4-17-12-15(9-11-25(17)20-14(2)6-5-10-23-20)21(26)24-16-7-8-19(27-3)18(22)13-16/h5-8,10,13,15,17H,4,9,11-12H2,1-3H3,(H,24,26)/t15-,17-/m1/s1. The summed E-state index contributed by atoms with van der Waals surface area (Å²) in [5.41, 5.74) is 1.87. The molecular weight excluding hydrogens is 362 g/mol. The number of aromatic nitrogens is 1. The Morgan fingerprint density at radius 3 is 2.89 bits per heavy atom.